The highest BCUT2D eigenvalue weighted by Gasteiger charge is 2.15. The summed E-state index contributed by atoms with van der Waals surface area (Å²) >= 11 is 0. The first-order chi connectivity index (χ1) is 8.99. The summed E-state index contributed by atoms with van der Waals surface area (Å²) in [7, 11) is 1.83. The third-order valence-electron chi connectivity index (χ3n) is 2.87. The van der Waals surface area contributed by atoms with E-state index in [9.17, 15) is 4.79 Å². The molecule has 3 N–H and O–H groups in total. The van der Waals surface area contributed by atoms with Crippen LogP contribution in [0.25, 0.3) is 0 Å². The first-order valence-corrected chi connectivity index (χ1v) is 6.07. The van der Waals surface area contributed by atoms with Gasteiger partial charge in [0, 0.05) is 19.3 Å². The molecule has 0 aliphatic rings. The maximum atomic E-state index is 12.1. The zero-order chi connectivity index (χ0) is 14.0. The molecule has 2 rings (SSSR count). The molecule has 0 saturated carbocycles. The van der Waals surface area contributed by atoms with Crippen LogP contribution in [0.2, 0.25) is 0 Å². The van der Waals surface area contributed by atoms with Crippen molar-refractivity contribution in [2.75, 3.05) is 5.73 Å². The molecule has 2 aromatic heterocycles. The first kappa shape index (κ1) is 13.1. The second kappa shape index (κ2) is 5.13. The molecular weight excluding hydrogens is 244 g/mol. The van der Waals surface area contributed by atoms with Crippen LogP contribution in [-0.4, -0.2) is 25.2 Å². The van der Waals surface area contributed by atoms with E-state index in [1.54, 1.807) is 23.2 Å². The molecule has 7 heteroatoms. The minimum absolute atomic E-state index is 0.173. The van der Waals surface area contributed by atoms with Gasteiger partial charge in [0.05, 0.1) is 12.2 Å². The summed E-state index contributed by atoms with van der Waals surface area (Å²) in [4.78, 5) is 12.1. The summed E-state index contributed by atoms with van der Waals surface area (Å²) in [6.07, 6.45) is 3.36. The Labute approximate surface area is 111 Å². The summed E-state index contributed by atoms with van der Waals surface area (Å²) in [5.74, 6) is 0.525. The first-order valence-electron chi connectivity index (χ1n) is 6.07. The van der Waals surface area contributed by atoms with Gasteiger partial charge in [0.15, 0.2) is 5.82 Å². The van der Waals surface area contributed by atoms with E-state index in [2.05, 4.69) is 15.5 Å². The number of rotatable bonds is 4. The number of nitrogen functional groups attached to an aromatic ring is 1. The van der Waals surface area contributed by atoms with Gasteiger partial charge in [0.2, 0.25) is 0 Å². The van der Waals surface area contributed by atoms with Crippen molar-refractivity contribution < 1.29 is 4.79 Å². The van der Waals surface area contributed by atoms with Crippen LogP contribution in [-0.2, 0) is 13.6 Å². The number of carbonyl (C=O) groups excluding carboxylic acids is 1. The van der Waals surface area contributed by atoms with Crippen LogP contribution in [0.4, 0.5) is 5.69 Å². The second-order valence-corrected chi connectivity index (χ2v) is 4.70. The van der Waals surface area contributed by atoms with Crippen molar-refractivity contribution >= 4 is 11.6 Å². The van der Waals surface area contributed by atoms with Gasteiger partial charge < -0.3 is 20.2 Å². The van der Waals surface area contributed by atoms with Gasteiger partial charge >= 0.3 is 0 Å². The third-order valence-corrected chi connectivity index (χ3v) is 2.87. The van der Waals surface area contributed by atoms with Crippen molar-refractivity contribution in [2.45, 2.75) is 26.4 Å². The highest BCUT2D eigenvalue weighted by atomic mass is 16.1. The van der Waals surface area contributed by atoms with Gasteiger partial charge in [-0.2, -0.15) is 0 Å². The normalized spacial score (nSPS) is 10.9. The molecule has 2 aromatic rings. The van der Waals surface area contributed by atoms with Gasteiger partial charge in [-0.25, -0.2) is 0 Å². The second-order valence-electron chi connectivity index (χ2n) is 4.70. The van der Waals surface area contributed by atoms with Gasteiger partial charge in [-0.1, -0.05) is 0 Å². The van der Waals surface area contributed by atoms with Crippen molar-refractivity contribution in [3.8, 4) is 0 Å². The lowest BCUT2D eigenvalue weighted by atomic mass is 10.3. The average Bonchev–Trinajstić information content (AvgIpc) is 2.92. The fraction of sp³-hybridized carbons (Fsp3) is 0.417. The Kier molecular flexibility index (Phi) is 3.55. The van der Waals surface area contributed by atoms with E-state index in [0.717, 1.165) is 0 Å². The highest BCUT2D eigenvalue weighted by molar-refractivity contribution is 5.93. The SMILES string of the molecule is CC(C)n1cc(N)cc1C(=O)NCc1nncn1C. The molecule has 0 spiro atoms. The lowest BCUT2D eigenvalue weighted by Crippen LogP contribution is -2.27. The zero-order valence-electron chi connectivity index (χ0n) is 11.3. The Bertz CT molecular complexity index is 583. The summed E-state index contributed by atoms with van der Waals surface area (Å²) in [6, 6.07) is 1.85. The molecule has 7 nitrogen and oxygen atoms in total. The van der Waals surface area contributed by atoms with Crippen LogP contribution < -0.4 is 11.1 Å². The van der Waals surface area contributed by atoms with Crippen LogP contribution in [0.1, 0.15) is 36.2 Å². The highest BCUT2D eigenvalue weighted by Crippen LogP contribution is 2.16. The average molecular weight is 262 g/mol. The molecule has 0 aliphatic carbocycles. The molecule has 0 unspecified atom stereocenters. The Morgan fingerprint density at radius 1 is 1.53 bits per heavy atom. The molecule has 2 heterocycles. The number of amides is 1. The molecule has 1 amide bonds. The van der Waals surface area contributed by atoms with Crippen LogP contribution in [0.5, 0.6) is 0 Å². The predicted octanol–water partition coefficient (Wildman–Crippen LogP) is 0.710. The van der Waals surface area contributed by atoms with Crippen LogP contribution in [0, 0.1) is 0 Å². The van der Waals surface area contributed by atoms with Gasteiger partial charge in [0.1, 0.15) is 12.0 Å². The fourth-order valence-corrected chi connectivity index (χ4v) is 1.83. The monoisotopic (exact) mass is 262 g/mol. The van der Waals surface area contributed by atoms with Crippen molar-refractivity contribution in [2.24, 2.45) is 7.05 Å². The standard InChI is InChI=1S/C12H18N6O/c1-8(2)18-6-9(13)4-10(18)12(19)14-5-11-16-15-7-17(11)3/h4,6-8H,5,13H2,1-3H3,(H,14,19). The lowest BCUT2D eigenvalue weighted by molar-refractivity contribution is 0.0939. The van der Waals surface area contributed by atoms with Gasteiger partial charge in [0.25, 0.3) is 5.91 Å². The van der Waals surface area contributed by atoms with Crippen LogP contribution >= 0.6 is 0 Å². The summed E-state index contributed by atoms with van der Waals surface area (Å²) in [5.41, 5.74) is 6.87. The molecule has 0 aliphatic heterocycles. The number of nitrogens with zero attached hydrogens (tertiary/aromatic N) is 4. The molecule has 0 atom stereocenters. The Hall–Kier alpha value is -2.31. The topological polar surface area (TPSA) is 90.8 Å². The Morgan fingerprint density at radius 2 is 2.26 bits per heavy atom. The summed E-state index contributed by atoms with van der Waals surface area (Å²) < 4.78 is 3.61. The molecule has 0 radical (unpaired) electrons. The van der Waals surface area contributed by atoms with Crippen molar-refractivity contribution in [3.63, 3.8) is 0 Å². The van der Waals surface area contributed by atoms with Gasteiger partial charge in [-0.15, -0.1) is 10.2 Å². The number of nitrogens with two attached hydrogens (primary N) is 1. The fourth-order valence-electron chi connectivity index (χ4n) is 1.83. The predicted molar refractivity (Wildman–Crippen MR) is 71.4 cm³/mol. The number of aryl methyl sites for hydroxylation is 1. The molecule has 0 fully saturated rings. The zero-order valence-corrected chi connectivity index (χ0v) is 11.3. The number of hydrogen-bond donors (Lipinski definition) is 2. The number of hydrogen-bond acceptors (Lipinski definition) is 4. The molecule has 0 aromatic carbocycles. The Morgan fingerprint density at radius 3 is 2.84 bits per heavy atom. The van der Waals surface area contributed by atoms with E-state index < -0.39 is 0 Å². The summed E-state index contributed by atoms with van der Waals surface area (Å²) in [5, 5.41) is 10.5. The quantitative estimate of drug-likeness (QED) is 0.849. The number of nitrogens with one attached hydrogen (secondary N) is 1. The molecule has 0 bridgehead atoms. The third kappa shape index (κ3) is 2.75. The minimum Gasteiger partial charge on any atom is -0.397 e. The van der Waals surface area contributed by atoms with E-state index in [1.165, 1.54) is 0 Å². The maximum absolute atomic E-state index is 12.1. The number of aromatic nitrogens is 4. The van der Waals surface area contributed by atoms with E-state index >= 15 is 0 Å². The summed E-state index contributed by atoms with van der Waals surface area (Å²) in [6.45, 7) is 4.33. The van der Waals surface area contributed by atoms with Crippen molar-refractivity contribution in [1.82, 2.24) is 24.6 Å². The number of anilines is 1. The lowest BCUT2D eigenvalue weighted by Gasteiger charge is -2.12. The molecule has 19 heavy (non-hydrogen) atoms. The van der Waals surface area contributed by atoms with Crippen LogP contribution in [0.3, 0.4) is 0 Å². The van der Waals surface area contributed by atoms with E-state index in [0.29, 0.717) is 23.8 Å². The van der Waals surface area contributed by atoms with Gasteiger partial charge in [-0.05, 0) is 19.9 Å². The van der Waals surface area contributed by atoms with Crippen molar-refractivity contribution in [1.29, 1.82) is 0 Å². The largest absolute Gasteiger partial charge is 0.397 e. The molecule has 102 valence electrons. The smallest absolute Gasteiger partial charge is 0.268 e. The maximum Gasteiger partial charge on any atom is 0.268 e. The van der Waals surface area contributed by atoms with E-state index in [1.807, 2.05) is 25.5 Å². The van der Waals surface area contributed by atoms with Gasteiger partial charge in [-0.3, -0.25) is 4.79 Å². The number of carbonyl (C=O) groups is 1. The van der Waals surface area contributed by atoms with Crippen LogP contribution in [0.15, 0.2) is 18.6 Å². The molecule has 0 saturated heterocycles. The Balaban J connectivity index is 2.10. The molecular formula is C12H18N6O. The van der Waals surface area contributed by atoms with E-state index in [-0.39, 0.29) is 11.9 Å². The van der Waals surface area contributed by atoms with E-state index in [4.69, 9.17) is 5.73 Å². The van der Waals surface area contributed by atoms with Crippen molar-refractivity contribution in [3.05, 3.63) is 30.1 Å². The minimum atomic E-state index is -0.173.